The van der Waals surface area contributed by atoms with Gasteiger partial charge in [-0.15, -0.1) is 0 Å². The molecular formula is C53H50F8O17. The van der Waals surface area contributed by atoms with Crippen molar-refractivity contribution in [1.82, 2.24) is 0 Å². The normalized spacial score (nSPS) is 9.90. The third kappa shape index (κ3) is 20.4. The standard InChI is InChI=1S/C32H26F4O10.C13H14O5.C6H2F4O2.2CH4/c1-3-23(37)43-17-5-15-41-21-11-7-19(8-12-21)31(39)45-29-25(33)27(35)30(28(36)26(29)34)46-32(40)20-9-13-22(14-10-20)42-16-6-18-44-24(38)4-2;1-2-12(14)18-9-3-8-17-11-6-4-10(5-7-11)13(15)16;7-1-2(8)6(12)4(10)3(9)5(1)11;;/h3-4,7-14H,1-2,5-6,15-18H2;2,4-7H,1,3,8-9H2,(H,15,16);11-12H;2*1H4. The largest absolute Gasteiger partial charge is 0.503 e. The molecule has 0 saturated carbocycles. The maximum atomic E-state index is 14.7. The number of rotatable bonds is 23. The van der Waals surface area contributed by atoms with E-state index in [4.69, 9.17) is 43.7 Å². The van der Waals surface area contributed by atoms with Crippen molar-refractivity contribution in [1.29, 1.82) is 0 Å². The summed E-state index contributed by atoms with van der Waals surface area (Å²) in [5.41, 5.74) is -0.279. The number of aromatic hydroxyl groups is 2. The second-order valence-corrected chi connectivity index (χ2v) is 14.2. The van der Waals surface area contributed by atoms with E-state index in [9.17, 15) is 63.9 Å². The van der Waals surface area contributed by atoms with Gasteiger partial charge in [0.05, 0.1) is 56.3 Å². The first-order valence-electron chi connectivity index (χ1n) is 21.5. The SMILES string of the molecule is C.C.C=CC(=O)OCCCOc1ccc(C(=O)O)cc1.C=CC(=O)OCCCOc1ccc(C(=O)Oc2c(F)c(F)c(OC(=O)c3ccc(OCCCOC(=O)C=C)cc3)c(F)c2F)cc1.Oc1c(F)c(F)c(O)c(F)c1F. The number of hydrogen-bond acceptors (Lipinski definition) is 16. The average molecular weight is 1110 g/mol. The van der Waals surface area contributed by atoms with Crippen molar-refractivity contribution in [2.75, 3.05) is 39.6 Å². The lowest BCUT2D eigenvalue weighted by Gasteiger charge is -2.13. The van der Waals surface area contributed by atoms with E-state index in [0.717, 1.165) is 18.2 Å². The van der Waals surface area contributed by atoms with E-state index >= 15 is 0 Å². The van der Waals surface area contributed by atoms with Crippen LogP contribution < -0.4 is 23.7 Å². The molecule has 0 aliphatic carbocycles. The lowest BCUT2D eigenvalue weighted by Crippen LogP contribution is -2.16. The summed E-state index contributed by atoms with van der Waals surface area (Å²) in [6.45, 7) is 10.9. The highest BCUT2D eigenvalue weighted by Gasteiger charge is 2.31. The first-order valence-corrected chi connectivity index (χ1v) is 21.5. The molecule has 0 aliphatic heterocycles. The van der Waals surface area contributed by atoms with Crippen LogP contribution in [0.15, 0.2) is 111 Å². The molecule has 5 rings (SSSR count). The maximum absolute atomic E-state index is 14.7. The van der Waals surface area contributed by atoms with Crippen LogP contribution >= 0.6 is 0 Å². The molecule has 25 heteroatoms. The number of carboxylic acid groups (broad SMARTS) is 1. The number of phenolic OH excluding ortho intramolecular Hbond substituents is 2. The quantitative estimate of drug-likeness (QED) is 0.00806. The maximum Gasteiger partial charge on any atom is 0.343 e. The van der Waals surface area contributed by atoms with E-state index in [2.05, 4.69) is 29.2 Å². The minimum Gasteiger partial charge on any atom is -0.503 e. The number of carbonyl (C=O) groups excluding carboxylic acids is 5. The highest BCUT2D eigenvalue weighted by molar-refractivity contribution is 5.92. The second-order valence-electron chi connectivity index (χ2n) is 14.2. The monoisotopic (exact) mass is 1110 g/mol. The molecule has 5 aromatic carbocycles. The van der Waals surface area contributed by atoms with Crippen molar-refractivity contribution in [3.8, 4) is 40.2 Å². The molecule has 5 aromatic rings. The molecule has 0 fully saturated rings. The summed E-state index contributed by atoms with van der Waals surface area (Å²) in [6, 6.07) is 16.1. The number of hydrogen-bond donors (Lipinski definition) is 3. The van der Waals surface area contributed by atoms with Crippen LogP contribution in [0.4, 0.5) is 35.1 Å². The lowest BCUT2D eigenvalue weighted by molar-refractivity contribution is -0.138. The molecule has 3 N–H and O–H groups in total. The van der Waals surface area contributed by atoms with E-state index in [1.165, 1.54) is 60.7 Å². The van der Waals surface area contributed by atoms with Gasteiger partial charge in [0.1, 0.15) is 17.2 Å². The number of carbonyl (C=O) groups is 6. The molecule has 0 spiro atoms. The summed E-state index contributed by atoms with van der Waals surface area (Å²) >= 11 is 0. The van der Waals surface area contributed by atoms with Gasteiger partial charge in [-0.05, 0) is 72.8 Å². The van der Waals surface area contributed by atoms with E-state index < -0.39 is 105 Å². The predicted octanol–water partition coefficient (Wildman–Crippen LogP) is 10.5. The minimum absolute atomic E-state index is 0. The third-order valence-corrected chi connectivity index (χ3v) is 8.98. The Hall–Kier alpha value is -9.42. The highest BCUT2D eigenvalue weighted by atomic mass is 19.2. The molecule has 0 amide bonds. The van der Waals surface area contributed by atoms with Crippen molar-refractivity contribution in [3.05, 3.63) is 174 Å². The van der Waals surface area contributed by atoms with Crippen LogP contribution in [-0.4, -0.2) is 90.8 Å². The van der Waals surface area contributed by atoms with Gasteiger partial charge < -0.3 is 53.2 Å². The first-order chi connectivity index (χ1) is 36.1. The molecule has 0 aromatic heterocycles. The van der Waals surface area contributed by atoms with Gasteiger partial charge in [0, 0.05) is 37.5 Å². The predicted molar refractivity (Wildman–Crippen MR) is 259 cm³/mol. The van der Waals surface area contributed by atoms with E-state index in [1.54, 1.807) is 12.1 Å². The molecule has 0 aliphatic rings. The van der Waals surface area contributed by atoms with Crippen LogP contribution in [0.25, 0.3) is 0 Å². The van der Waals surface area contributed by atoms with Crippen molar-refractivity contribution >= 4 is 35.8 Å². The first kappa shape index (κ1) is 66.6. The lowest BCUT2D eigenvalue weighted by atomic mass is 10.2. The molecule has 0 saturated heterocycles. The van der Waals surface area contributed by atoms with Crippen molar-refractivity contribution in [2.45, 2.75) is 34.1 Å². The summed E-state index contributed by atoms with van der Waals surface area (Å²) in [5.74, 6) is -27.7. The summed E-state index contributed by atoms with van der Waals surface area (Å²) in [6.07, 6.45) is 4.39. The molecule has 78 heavy (non-hydrogen) atoms. The van der Waals surface area contributed by atoms with Crippen molar-refractivity contribution in [3.63, 3.8) is 0 Å². The van der Waals surface area contributed by atoms with Gasteiger partial charge in [0.2, 0.25) is 58.0 Å². The highest BCUT2D eigenvalue weighted by Crippen LogP contribution is 2.36. The van der Waals surface area contributed by atoms with Crippen LogP contribution in [0.5, 0.6) is 40.2 Å². The van der Waals surface area contributed by atoms with Gasteiger partial charge in [-0.25, -0.2) is 28.8 Å². The van der Waals surface area contributed by atoms with Crippen LogP contribution in [0, 0.1) is 46.5 Å². The molecule has 0 heterocycles. The number of phenols is 2. The van der Waals surface area contributed by atoms with Crippen LogP contribution in [-0.2, 0) is 28.6 Å². The topological polar surface area (TPSA) is 237 Å². The van der Waals surface area contributed by atoms with E-state index in [1.807, 2.05) is 0 Å². The van der Waals surface area contributed by atoms with Crippen LogP contribution in [0.1, 0.15) is 65.2 Å². The Morgan fingerprint density at radius 1 is 0.397 bits per heavy atom. The Bertz CT molecular complexity index is 2630. The number of aromatic carboxylic acids is 1. The molecule has 17 nitrogen and oxygen atoms in total. The van der Waals surface area contributed by atoms with Gasteiger partial charge in [-0.2, -0.15) is 35.1 Å². The number of carboxylic acids is 1. The molecule has 0 unspecified atom stereocenters. The Morgan fingerprint density at radius 2 is 0.641 bits per heavy atom. The third-order valence-electron chi connectivity index (χ3n) is 8.98. The average Bonchev–Trinajstić information content (AvgIpc) is 3.46. The number of esters is 5. The fourth-order valence-electron chi connectivity index (χ4n) is 5.19. The van der Waals surface area contributed by atoms with Gasteiger partial charge in [0.25, 0.3) is 0 Å². The summed E-state index contributed by atoms with van der Waals surface area (Å²) in [5, 5.41) is 25.4. The van der Waals surface area contributed by atoms with Gasteiger partial charge in [-0.3, -0.25) is 0 Å². The number of benzene rings is 5. The zero-order valence-electron chi connectivity index (χ0n) is 39.2. The molecule has 0 bridgehead atoms. The van der Waals surface area contributed by atoms with Crippen LogP contribution in [0.2, 0.25) is 0 Å². The summed E-state index contributed by atoms with van der Waals surface area (Å²) in [4.78, 5) is 68.2. The Kier molecular flexibility index (Phi) is 28.6. The van der Waals surface area contributed by atoms with Gasteiger partial charge in [-0.1, -0.05) is 34.6 Å². The zero-order chi connectivity index (χ0) is 56.5. The molecule has 0 radical (unpaired) electrons. The fraction of sp³-hybridized carbons (Fsp3) is 0.208. The van der Waals surface area contributed by atoms with E-state index in [-0.39, 0.29) is 76.1 Å². The number of ether oxygens (including phenoxy) is 8. The molecule has 420 valence electrons. The smallest absolute Gasteiger partial charge is 0.343 e. The fourth-order valence-corrected chi connectivity index (χ4v) is 5.19. The van der Waals surface area contributed by atoms with Crippen molar-refractivity contribution in [2.24, 2.45) is 0 Å². The van der Waals surface area contributed by atoms with Gasteiger partial charge >= 0.3 is 35.8 Å². The van der Waals surface area contributed by atoms with Crippen molar-refractivity contribution < 1.29 is 117 Å². The van der Waals surface area contributed by atoms with Gasteiger partial charge in [0.15, 0.2) is 11.5 Å². The summed E-state index contributed by atoms with van der Waals surface area (Å²) < 4.78 is 147. The van der Waals surface area contributed by atoms with Crippen LogP contribution in [0.3, 0.4) is 0 Å². The van der Waals surface area contributed by atoms with E-state index in [0.29, 0.717) is 31.6 Å². The molecule has 0 atom stereocenters. The number of halogens is 8. The second kappa shape index (κ2) is 33.5. The zero-order valence-corrected chi connectivity index (χ0v) is 39.2. The Balaban J connectivity index is 0.000000773. The Morgan fingerprint density at radius 3 is 0.872 bits per heavy atom. The summed E-state index contributed by atoms with van der Waals surface area (Å²) in [7, 11) is 0. The molecular weight excluding hydrogens is 1060 g/mol. The minimum atomic E-state index is -2.12. The Labute approximate surface area is 440 Å².